The Bertz CT molecular complexity index is 1030. The minimum atomic E-state index is -1.64. The molecule has 0 spiro atoms. The molecule has 0 aliphatic carbocycles. The highest BCUT2D eigenvalue weighted by Gasteiger charge is 2.16. The second kappa shape index (κ2) is 8.22. The molecule has 3 rings (SSSR count). The number of thiazole rings is 1. The Hall–Kier alpha value is -3.20. The van der Waals surface area contributed by atoms with Crippen molar-refractivity contribution in [2.24, 2.45) is 0 Å². The topological polar surface area (TPSA) is 68.3 Å². The van der Waals surface area contributed by atoms with E-state index < -0.39 is 29.3 Å². The van der Waals surface area contributed by atoms with Crippen molar-refractivity contribution in [1.29, 1.82) is 0 Å². The van der Waals surface area contributed by atoms with Crippen molar-refractivity contribution < 1.29 is 27.5 Å². The lowest BCUT2D eigenvalue weighted by Gasteiger charge is -2.03. The van der Waals surface area contributed by atoms with Gasteiger partial charge in [0.25, 0.3) is 5.91 Å². The first kappa shape index (κ1) is 19.6. The van der Waals surface area contributed by atoms with Gasteiger partial charge in [-0.3, -0.25) is 10.1 Å². The Kier molecular flexibility index (Phi) is 5.74. The van der Waals surface area contributed by atoms with Crippen molar-refractivity contribution >= 4 is 28.3 Å². The Labute approximate surface area is 161 Å². The van der Waals surface area contributed by atoms with E-state index >= 15 is 0 Å². The van der Waals surface area contributed by atoms with Gasteiger partial charge >= 0.3 is 5.97 Å². The van der Waals surface area contributed by atoms with Crippen LogP contribution in [0.25, 0.3) is 0 Å². The van der Waals surface area contributed by atoms with Gasteiger partial charge in [-0.2, -0.15) is 0 Å². The maximum atomic E-state index is 13.3. The quantitative estimate of drug-likeness (QED) is 0.510. The first-order valence-corrected chi connectivity index (χ1v) is 8.77. The van der Waals surface area contributed by atoms with E-state index in [1.165, 1.54) is 13.3 Å². The molecule has 0 aliphatic rings. The Morgan fingerprint density at radius 1 is 1.11 bits per heavy atom. The predicted molar refractivity (Wildman–Crippen MR) is 97.0 cm³/mol. The molecule has 2 aromatic carbocycles. The summed E-state index contributed by atoms with van der Waals surface area (Å²) in [6.07, 6.45) is 2.00. The third-order valence-corrected chi connectivity index (χ3v) is 4.66. The fourth-order valence-corrected chi connectivity index (χ4v) is 3.27. The highest BCUT2D eigenvalue weighted by Crippen LogP contribution is 2.23. The van der Waals surface area contributed by atoms with E-state index in [4.69, 9.17) is 0 Å². The van der Waals surface area contributed by atoms with Gasteiger partial charge in [0.1, 0.15) is 0 Å². The molecule has 3 aromatic rings. The smallest absolute Gasteiger partial charge is 0.337 e. The monoisotopic (exact) mass is 406 g/mol. The van der Waals surface area contributed by atoms with Crippen LogP contribution in [-0.2, 0) is 11.2 Å². The van der Waals surface area contributed by atoms with Gasteiger partial charge < -0.3 is 4.74 Å². The molecule has 1 heterocycles. The van der Waals surface area contributed by atoms with Crippen LogP contribution < -0.4 is 5.32 Å². The lowest BCUT2D eigenvalue weighted by molar-refractivity contribution is 0.0600. The summed E-state index contributed by atoms with van der Waals surface area (Å²) in [6, 6.07) is 8.10. The molecule has 0 atom stereocenters. The van der Waals surface area contributed by atoms with Crippen LogP contribution in [0, 0.1) is 17.5 Å². The molecule has 9 heteroatoms. The van der Waals surface area contributed by atoms with Gasteiger partial charge in [-0.05, 0) is 29.8 Å². The second-order valence-corrected chi connectivity index (χ2v) is 6.82. The molecule has 0 unspecified atom stereocenters. The summed E-state index contributed by atoms with van der Waals surface area (Å²) in [5, 5.41) is 2.63. The zero-order valence-electron chi connectivity index (χ0n) is 14.5. The van der Waals surface area contributed by atoms with E-state index in [2.05, 4.69) is 15.0 Å². The fraction of sp³-hybridized carbons (Fsp3) is 0.105. The van der Waals surface area contributed by atoms with Gasteiger partial charge in [-0.25, -0.2) is 22.9 Å². The Balaban J connectivity index is 1.71. The minimum Gasteiger partial charge on any atom is -0.465 e. The number of benzene rings is 2. The van der Waals surface area contributed by atoms with Crippen LogP contribution in [0.4, 0.5) is 18.3 Å². The number of nitrogens with zero attached hydrogens (tertiary/aromatic N) is 1. The van der Waals surface area contributed by atoms with Crippen LogP contribution in [0.1, 0.15) is 31.2 Å². The van der Waals surface area contributed by atoms with Gasteiger partial charge in [0.15, 0.2) is 22.6 Å². The number of hydrogen-bond acceptors (Lipinski definition) is 5. The van der Waals surface area contributed by atoms with Crippen molar-refractivity contribution in [2.45, 2.75) is 6.42 Å². The summed E-state index contributed by atoms with van der Waals surface area (Å²) >= 11 is 1.16. The predicted octanol–water partition coefficient (Wildman–Crippen LogP) is 4.19. The highest BCUT2D eigenvalue weighted by molar-refractivity contribution is 7.15. The molecular formula is C19H13F3N2O3S. The van der Waals surface area contributed by atoms with Crippen molar-refractivity contribution in [1.82, 2.24) is 4.98 Å². The summed E-state index contributed by atoms with van der Waals surface area (Å²) < 4.78 is 44.2. The fourth-order valence-electron chi connectivity index (χ4n) is 2.43. The molecule has 1 N–H and O–H groups in total. The molecule has 5 nitrogen and oxygen atoms in total. The number of nitrogens with one attached hydrogen (secondary N) is 1. The van der Waals surface area contributed by atoms with Crippen LogP contribution in [0.15, 0.2) is 42.6 Å². The number of amides is 1. The number of carbonyl (C=O) groups excluding carboxylic acids is 2. The highest BCUT2D eigenvalue weighted by atomic mass is 32.1. The summed E-state index contributed by atoms with van der Waals surface area (Å²) in [5.41, 5.74) is 0.893. The molecule has 0 bridgehead atoms. The summed E-state index contributed by atoms with van der Waals surface area (Å²) in [4.78, 5) is 28.5. The van der Waals surface area contributed by atoms with E-state index in [1.54, 1.807) is 18.2 Å². The zero-order chi connectivity index (χ0) is 20.3. The molecule has 0 saturated heterocycles. The molecule has 0 fully saturated rings. The first-order chi connectivity index (χ1) is 13.4. The normalized spacial score (nSPS) is 10.6. The van der Waals surface area contributed by atoms with E-state index in [0.717, 1.165) is 21.8 Å². The van der Waals surface area contributed by atoms with Crippen molar-refractivity contribution in [3.63, 3.8) is 0 Å². The van der Waals surface area contributed by atoms with Gasteiger partial charge in [-0.15, -0.1) is 11.3 Å². The summed E-state index contributed by atoms with van der Waals surface area (Å²) in [7, 11) is 1.30. The van der Waals surface area contributed by atoms with Crippen LogP contribution in [0.3, 0.4) is 0 Å². The first-order valence-electron chi connectivity index (χ1n) is 7.95. The molecule has 144 valence electrons. The van der Waals surface area contributed by atoms with Crippen molar-refractivity contribution in [3.8, 4) is 0 Å². The number of halogens is 3. The van der Waals surface area contributed by atoms with Gasteiger partial charge in [0, 0.05) is 23.1 Å². The van der Waals surface area contributed by atoms with Crippen molar-refractivity contribution in [2.75, 3.05) is 12.4 Å². The molecule has 28 heavy (non-hydrogen) atoms. The van der Waals surface area contributed by atoms with Crippen LogP contribution in [0.2, 0.25) is 0 Å². The molecule has 1 amide bonds. The number of esters is 1. The third kappa shape index (κ3) is 4.37. The summed E-state index contributed by atoms with van der Waals surface area (Å²) in [5.74, 6) is -5.79. The van der Waals surface area contributed by atoms with Crippen LogP contribution in [0.5, 0.6) is 0 Å². The number of rotatable bonds is 5. The zero-order valence-corrected chi connectivity index (χ0v) is 15.3. The molecular weight excluding hydrogens is 393 g/mol. The lowest BCUT2D eigenvalue weighted by Crippen LogP contribution is -2.13. The number of anilines is 1. The SMILES string of the molecule is COC(=O)c1cccc(Cc2cnc(NC(=O)c3cc(F)c(F)c(F)c3)s2)c1. The van der Waals surface area contributed by atoms with Gasteiger partial charge in [-0.1, -0.05) is 12.1 Å². The number of ether oxygens (including phenoxy) is 1. The number of hydrogen-bond donors (Lipinski definition) is 1. The standard InChI is InChI=1S/C19H13F3N2O3S/c1-27-18(26)11-4-2-3-10(5-11)6-13-9-23-19(28-13)24-17(25)12-7-14(20)16(22)15(21)8-12/h2-5,7-9H,6H2,1H3,(H,23,24,25). The summed E-state index contributed by atoms with van der Waals surface area (Å²) in [6.45, 7) is 0. The average Bonchev–Trinajstić information content (AvgIpc) is 3.11. The molecule has 0 aliphatic heterocycles. The Morgan fingerprint density at radius 3 is 2.50 bits per heavy atom. The van der Waals surface area contributed by atoms with Gasteiger partial charge in [0.05, 0.1) is 12.7 Å². The molecule has 0 saturated carbocycles. The maximum absolute atomic E-state index is 13.3. The number of aromatic nitrogens is 1. The molecule has 1 aromatic heterocycles. The van der Waals surface area contributed by atoms with E-state index in [9.17, 15) is 22.8 Å². The van der Waals surface area contributed by atoms with E-state index in [0.29, 0.717) is 24.1 Å². The largest absolute Gasteiger partial charge is 0.465 e. The van der Waals surface area contributed by atoms with Gasteiger partial charge in [0.2, 0.25) is 0 Å². The van der Waals surface area contributed by atoms with Crippen LogP contribution in [-0.4, -0.2) is 24.0 Å². The number of methoxy groups -OCH3 is 1. The third-order valence-electron chi connectivity index (χ3n) is 3.75. The van der Waals surface area contributed by atoms with Crippen LogP contribution >= 0.6 is 11.3 Å². The molecule has 0 radical (unpaired) electrons. The average molecular weight is 406 g/mol. The lowest BCUT2D eigenvalue weighted by atomic mass is 10.1. The second-order valence-electron chi connectivity index (χ2n) is 5.71. The van der Waals surface area contributed by atoms with Crippen molar-refractivity contribution in [3.05, 3.63) is 81.6 Å². The van der Waals surface area contributed by atoms with E-state index in [-0.39, 0.29) is 10.7 Å². The number of carbonyl (C=O) groups is 2. The maximum Gasteiger partial charge on any atom is 0.337 e. The van der Waals surface area contributed by atoms with E-state index in [1.807, 2.05) is 6.07 Å². The Morgan fingerprint density at radius 2 is 1.82 bits per heavy atom. The minimum absolute atomic E-state index is 0.217.